The molecule has 15 nitrogen and oxygen atoms in total. The fourth-order valence-electron chi connectivity index (χ4n) is 8.30. The molecule has 0 aromatic heterocycles. The Morgan fingerprint density at radius 2 is 1.01 bits per heavy atom. The van der Waals surface area contributed by atoms with Gasteiger partial charge in [-0.3, -0.25) is 0 Å². The Kier molecular flexibility index (Phi) is 21.1. The fraction of sp³-hybridized carbons (Fsp3) is 0.444. The Balaban J connectivity index is 0.000000149. The lowest BCUT2D eigenvalue weighted by Gasteiger charge is -2.36. The van der Waals surface area contributed by atoms with E-state index in [4.69, 9.17) is 33.9 Å². The van der Waals surface area contributed by atoms with Gasteiger partial charge in [0, 0.05) is 76.1 Å². The lowest BCUT2D eigenvalue weighted by molar-refractivity contribution is -0.140. The summed E-state index contributed by atoms with van der Waals surface area (Å²) in [6, 6.07) is 29.0. The Morgan fingerprint density at radius 1 is 0.507 bits per heavy atom. The standard InChI is InChI=1S/C12H17NO2.C11H12F3NO2.C11H15NO2.C10H12FNO2.C10H13NO2/c1-12(2)8-15-11(7-13-12)9-3-5-10(14)6-4-9;12-11(13,14)9-5-7(16)1-2-8(9)10-6-15-3-4-17-10;1-11(8-12-6-7-14-11)9-2-4-10(13)5-3-9;11-9-5-7(13)1-2-8(9)10-6-12-3-4-14-10;12-9-3-1-2-8(6-9)10-7-11-4-5-13-10/h3-6,11,13-14H,7-8H2,1-2H3;1-2,5,10,15-16H,3-4,6H2;2-5,12-13H,6-8H2,1H3;1-2,5,10,12-13H,3-4,6H2;1-3,6,10-12H,4-5,7H2. The zero-order chi connectivity index (χ0) is 52.4. The van der Waals surface area contributed by atoms with Crippen molar-refractivity contribution in [1.29, 1.82) is 0 Å². The molecule has 10 rings (SSSR count). The normalized spacial score (nSPS) is 23.8. The Bertz CT molecular complexity index is 2420. The number of alkyl halides is 3. The van der Waals surface area contributed by atoms with Gasteiger partial charge in [0.25, 0.3) is 0 Å². The number of aromatic hydroxyl groups is 5. The van der Waals surface area contributed by atoms with Gasteiger partial charge < -0.3 is 75.8 Å². The molecule has 5 fully saturated rings. The molecular formula is C54H69F4N5O10. The highest BCUT2D eigenvalue weighted by Gasteiger charge is 2.36. The third-order valence-corrected chi connectivity index (χ3v) is 12.4. The minimum atomic E-state index is -4.49. The number of phenols is 5. The fourth-order valence-corrected chi connectivity index (χ4v) is 8.30. The molecule has 0 amide bonds. The van der Waals surface area contributed by atoms with Crippen LogP contribution < -0.4 is 26.6 Å². The second-order valence-electron chi connectivity index (χ2n) is 18.7. The molecule has 73 heavy (non-hydrogen) atoms. The van der Waals surface area contributed by atoms with Crippen LogP contribution in [0.1, 0.15) is 78.6 Å². The summed E-state index contributed by atoms with van der Waals surface area (Å²) in [5.74, 6) is 0.00852. The summed E-state index contributed by atoms with van der Waals surface area (Å²) >= 11 is 0. The van der Waals surface area contributed by atoms with E-state index in [2.05, 4.69) is 47.4 Å². The number of benzene rings is 5. The number of morpholine rings is 5. The Morgan fingerprint density at radius 3 is 1.52 bits per heavy atom. The molecule has 0 aliphatic carbocycles. The van der Waals surface area contributed by atoms with Crippen LogP contribution in [0.25, 0.3) is 0 Å². The lowest BCUT2D eigenvalue weighted by Crippen LogP contribution is -2.50. The molecule has 10 N–H and O–H groups in total. The Labute approximate surface area is 423 Å². The topological polar surface area (TPSA) is 207 Å². The van der Waals surface area contributed by atoms with Gasteiger partial charge >= 0.3 is 6.18 Å². The first kappa shape index (κ1) is 56.7. The second kappa shape index (κ2) is 27.1. The van der Waals surface area contributed by atoms with Crippen LogP contribution in [-0.4, -0.2) is 123 Å². The molecule has 5 heterocycles. The van der Waals surface area contributed by atoms with Crippen LogP contribution in [0.2, 0.25) is 0 Å². The zero-order valence-electron chi connectivity index (χ0n) is 41.4. The quantitative estimate of drug-likeness (QED) is 0.0780. The minimum absolute atomic E-state index is 0.0579. The van der Waals surface area contributed by atoms with Crippen molar-refractivity contribution in [3.63, 3.8) is 0 Å². The van der Waals surface area contributed by atoms with E-state index in [9.17, 15) is 32.9 Å². The molecule has 5 aromatic carbocycles. The van der Waals surface area contributed by atoms with Crippen molar-refractivity contribution in [3.05, 3.63) is 148 Å². The summed E-state index contributed by atoms with van der Waals surface area (Å²) in [6.45, 7) is 16.1. The van der Waals surface area contributed by atoms with Gasteiger partial charge in [-0.25, -0.2) is 4.39 Å². The highest BCUT2D eigenvalue weighted by Crippen LogP contribution is 2.38. The number of hydrogen-bond acceptors (Lipinski definition) is 15. The maximum absolute atomic E-state index is 13.4. The number of phenolic OH excluding ortho intramolecular Hbond substituents is 5. The molecule has 5 unspecified atom stereocenters. The van der Waals surface area contributed by atoms with Crippen molar-refractivity contribution < 1.29 is 66.8 Å². The summed E-state index contributed by atoms with van der Waals surface area (Å²) < 4.78 is 79.5. The number of rotatable bonds is 5. The van der Waals surface area contributed by atoms with Gasteiger partial charge in [0.1, 0.15) is 40.2 Å². The molecule has 0 spiro atoms. The predicted octanol–water partition coefficient (Wildman–Crippen LogP) is 7.38. The van der Waals surface area contributed by atoms with E-state index < -0.39 is 29.4 Å². The summed E-state index contributed by atoms with van der Waals surface area (Å²) in [5, 5.41) is 61.9. The van der Waals surface area contributed by atoms with Crippen molar-refractivity contribution >= 4 is 0 Å². The van der Waals surface area contributed by atoms with E-state index >= 15 is 0 Å². The molecule has 5 aromatic rings. The average molecular weight is 1020 g/mol. The average Bonchev–Trinajstić information content (AvgIpc) is 3.38. The monoisotopic (exact) mass is 1020 g/mol. The zero-order valence-corrected chi connectivity index (χ0v) is 41.4. The molecule has 5 aliphatic heterocycles. The smallest absolute Gasteiger partial charge is 0.416 e. The number of ether oxygens (including phenoxy) is 5. The summed E-state index contributed by atoms with van der Waals surface area (Å²) in [5.41, 5.74) is 2.76. The SMILES string of the molecule is CC1(C)COC(c2ccc(O)cc2)CN1.CC1(c2ccc(O)cc2)CNCCO1.Oc1ccc(C2CNCCO2)c(C(F)(F)F)c1.Oc1ccc(C2CNCCO2)c(F)c1.Oc1cccc(C2CNCCO2)c1. The highest BCUT2D eigenvalue weighted by atomic mass is 19.4. The second-order valence-corrected chi connectivity index (χ2v) is 18.7. The van der Waals surface area contributed by atoms with E-state index in [1.807, 2.05) is 36.4 Å². The van der Waals surface area contributed by atoms with Crippen LogP contribution >= 0.6 is 0 Å². The largest absolute Gasteiger partial charge is 0.508 e. The van der Waals surface area contributed by atoms with Crippen LogP contribution in [0.15, 0.2) is 109 Å². The minimum Gasteiger partial charge on any atom is -0.508 e. The number of hydrogen-bond donors (Lipinski definition) is 10. The van der Waals surface area contributed by atoms with Gasteiger partial charge in [0.05, 0.1) is 63.0 Å². The first-order valence-electron chi connectivity index (χ1n) is 24.3. The van der Waals surface area contributed by atoms with E-state index in [-0.39, 0.29) is 40.8 Å². The maximum Gasteiger partial charge on any atom is 0.416 e. The predicted molar refractivity (Wildman–Crippen MR) is 267 cm³/mol. The molecule has 5 aliphatic rings. The summed E-state index contributed by atoms with van der Waals surface area (Å²) in [6.07, 6.45) is -5.18. The van der Waals surface area contributed by atoms with Crippen LogP contribution in [0, 0.1) is 5.82 Å². The summed E-state index contributed by atoms with van der Waals surface area (Å²) in [4.78, 5) is 0. The summed E-state index contributed by atoms with van der Waals surface area (Å²) in [7, 11) is 0. The van der Waals surface area contributed by atoms with Crippen LogP contribution in [-0.2, 0) is 35.5 Å². The van der Waals surface area contributed by atoms with E-state index in [1.54, 1.807) is 42.5 Å². The number of nitrogens with one attached hydrogen (secondary N) is 5. The van der Waals surface area contributed by atoms with Gasteiger partial charge in [-0.2, -0.15) is 13.2 Å². The molecule has 0 bridgehead atoms. The molecule has 5 saturated heterocycles. The van der Waals surface area contributed by atoms with E-state index in [0.29, 0.717) is 62.3 Å². The van der Waals surface area contributed by atoms with E-state index in [0.717, 1.165) is 81.3 Å². The van der Waals surface area contributed by atoms with Gasteiger partial charge in [0.15, 0.2) is 0 Å². The maximum atomic E-state index is 13.4. The van der Waals surface area contributed by atoms with Gasteiger partial charge in [-0.05, 0) is 104 Å². The van der Waals surface area contributed by atoms with Crippen LogP contribution in [0.5, 0.6) is 28.7 Å². The first-order chi connectivity index (χ1) is 34.9. The Hall–Kier alpha value is -5.58. The van der Waals surface area contributed by atoms with Gasteiger partial charge in [-0.15, -0.1) is 0 Å². The van der Waals surface area contributed by atoms with Crippen molar-refractivity contribution in [2.45, 2.75) is 62.5 Å². The van der Waals surface area contributed by atoms with Crippen LogP contribution in [0.3, 0.4) is 0 Å². The highest BCUT2D eigenvalue weighted by molar-refractivity contribution is 5.39. The lowest BCUT2D eigenvalue weighted by atomic mass is 9.94. The molecular weight excluding hydrogens is 955 g/mol. The molecule has 5 atom stereocenters. The van der Waals surface area contributed by atoms with Crippen LogP contribution in [0.4, 0.5) is 17.6 Å². The van der Waals surface area contributed by atoms with Gasteiger partial charge in [-0.1, -0.05) is 42.5 Å². The van der Waals surface area contributed by atoms with Gasteiger partial charge in [0.2, 0.25) is 0 Å². The molecule has 398 valence electrons. The third-order valence-electron chi connectivity index (χ3n) is 12.4. The van der Waals surface area contributed by atoms with E-state index in [1.165, 1.54) is 18.2 Å². The number of halogens is 4. The third kappa shape index (κ3) is 17.8. The molecule has 0 radical (unpaired) electrons. The van der Waals surface area contributed by atoms with Crippen molar-refractivity contribution in [2.75, 3.05) is 91.9 Å². The molecule has 0 saturated carbocycles. The van der Waals surface area contributed by atoms with Crippen molar-refractivity contribution in [3.8, 4) is 28.7 Å². The first-order valence-corrected chi connectivity index (χ1v) is 24.3. The van der Waals surface area contributed by atoms with Crippen molar-refractivity contribution in [2.24, 2.45) is 0 Å². The molecule has 19 heteroatoms. The van der Waals surface area contributed by atoms with Crippen molar-refractivity contribution in [1.82, 2.24) is 26.6 Å².